The largest absolute Gasteiger partial charge is 0.507 e. The van der Waals surface area contributed by atoms with E-state index < -0.39 is 17.5 Å². The van der Waals surface area contributed by atoms with Crippen LogP contribution in [-0.2, 0) is 4.79 Å². The summed E-state index contributed by atoms with van der Waals surface area (Å²) in [6.07, 6.45) is 8.24. The van der Waals surface area contributed by atoms with E-state index in [0.717, 1.165) is 29.7 Å². The molecule has 0 saturated heterocycles. The molecule has 0 heterocycles. The number of aromatic carboxylic acids is 1. The normalized spacial score (nSPS) is 12.0. The van der Waals surface area contributed by atoms with Gasteiger partial charge in [0.05, 0.1) is 16.7 Å². The summed E-state index contributed by atoms with van der Waals surface area (Å²) in [5.74, 6) is -2.67. The molecule has 1 aromatic rings. The van der Waals surface area contributed by atoms with Crippen LogP contribution in [0.4, 0.5) is 0 Å². The van der Waals surface area contributed by atoms with E-state index in [-0.39, 0.29) is 22.4 Å². The lowest BCUT2D eigenvalue weighted by Gasteiger charge is -2.11. The highest BCUT2D eigenvalue weighted by molar-refractivity contribution is 6.30. The van der Waals surface area contributed by atoms with Gasteiger partial charge in [-0.25, -0.2) is 4.79 Å². The van der Waals surface area contributed by atoms with E-state index in [2.05, 4.69) is 6.08 Å². The highest BCUT2D eigenvalue weighted by atomic mass is 16.4. The quantitative estimate of drug-likeness (QED) is 0.134. The molecule has 0 atom stereocenters. The number of hydrogen-bond acceptors (Lipinski definition) is 4. The predicted octanol–water partition coefficient (Wildman–Crippen LogP) is 6.60. The second kappa shape index (κ2) is 12.6. The van der Waals surface area contributed by atoms with E-state index in [4.69, 9.17) is 0 Å². The Hall–Kier alpha value is -3.21. The van der Waals surface area contributed by atoms with Gasteiger partial charge in [-0.3, -0.25) is 9.59 Å². The van der Waals surface area contributed by atoms with Crippen LogP contribution in [0.15, 0.2) is 64.3 Å². The molecule has 1 aromatic carbocycles. The number of phenols is 1. The number of carboxylic acids is 1. The molecule has 0 aliphatic heterocycles. The van der Waals surface area contributed by atoms with Gasteiger partial charge >= 0.3 is 5.97 Å². The van der Waals surface area contributed by atoms with Crippen molar-refractivity contribution >= 4 is 17.5 Å². The van der Waals surface area contributed by atoms with Crippen molar-refractivity contribution in [1.29, 1.82) is 0 Å². The average Bonchev–Trinajstić information content (AvgIpc) is 2.67. The molecule has 32 heavy (non-hydrogen) atoms. The molecule has 1 rings (SSSR count). The summed E-state index contributed by atoms with van der Waals surface area (Å²) in [5, 5.41) is 19.5. The fourth-order valence-electron chi connectivity index (χ4n) is 3.16. The Morgan fingerprint density at radius 3 is 1.97 bits per heavy atom. The van der Waals surface area contributed by atoms with Gasteiger partial charge in [-0.05, 0) is 91.5 Å². The van der Waals surface area contributed by atoms with Crippen LogP contribution < -0.4 is 0 Å². The fourth-order valence-corrected chi connectivity index (χ4v) is 3.16. The molecule has 0 saturated carbocycles. The van der Waals surface area contributed by atoms with Gasteiger partial charge < -0.3 is 10.2 Å². The third kappa shape index (κ3) is 8.50. The minimum absolute atomic E-state index is 0.0217. The van der Waals surface area contributed by atoms with Crippen LogP contribution in [0.2, 0.25) is 0 Å². The van der Waals surface area contributed by atoms with Gasteiger partial charge in [0, 0.05) is 0 Å². The van der Waals surface area contributed by atoms with Crippen molar-refractivity contribution in [3.63, 3.8) is 0 Å². The molecule has 5 nitrogen and oxygen atoms in total. The molecule has 0 amide bonds. The molecular weight excluding hydrogens is 404 g/mol. The Balaban J connectivity index is 3.41. The molecule has 0 aliphatic rings. The van der Waals surface area contributed by atoms with Gasteiger partial charge in [0.1, 0.15) is 5.75 Å². The van der Waals surface area contributed by atoms with Gasteiger partial charge in [-0.1, -0.05) is 34.4 Å². The first-order valence-electron chi connectivity index (χ1n) is 10.7. The van der Waals surface area contributed by atoms with Crippen molar-refractivity contribution in [2.24, 2.45) is 0 Å². The van der Waals surface area contributed by atoms with Crippen molar-refractivity contribution in [1.82, 2.24) is 0 Å². The topological polar surface area (TPSA) is 91.7 Å². The Morgan fingerprint density at radius 1 is 0.875 bits per heavy atom. The molecule has 0 aromatic heterocycles. The molecule has 0 bridgehead atoms. The third-order valence-electron chi connectivity index (χ3n) is 4.93. The zero-order valence-corrected chi connectivity index (χ0v) is 19.9. The van der Waals surface area contributed by atoms with Crippen LogP contribution in [0.1, 0.15) is 87.9 Å². The van der Waals surface area contributed by atoms with Crippen molar-refractivity contribution in [3.05, 3.63) is 75.4 Å². The first-order valence-corrected chi connectivity index (χ1v) is 10.7. The minimum Gasteiger partial charge on any atom is -0.507 e. The molecule has 0 radical (unpaired) electrons. The van der Waals surface area contributed by atoms with Crippen molar-refractivity contribution < 1.29 is 24.6 Å². The maximum Gasteiger partial charge on any atom is 0.335 e. The highest BCUT2D eigenvalue weighted by Crippen LogP contribution is 2.26. The van der Waals surface area contributed by atoms with Gasteiger partial charge in [0.2, 0.25) is 5.78 Å². The SMILES string of the molecule is CC(C)=CCC/C(C)=C/C(=O)/C(C(=O)c1cc(C(=O)O)ccc1O)=C(/C)CCC=C(C)C. The van der Waals surface area contributed by atoms with E-state index in [1.54, 1.807) is 6.92 Å². The van der Waals surface area contributed by atoms with Crippen molar-refractivity contribution in [3.8, 4) is 5.75 Å². The minimum atomic E-state index is -1.22. The third-order valence-corrected chi connectivity index (χ3v) is 4.93. The predicted molar refractivity (Wildman–Crippen MR) is 128 cm³/mol. The maximum atomic E-state index is 13.3. The Morgan fingerprint density at radius 2 is 1.44 bits per heavy atom. The lowest BCUT2D eigenvalue weighted by atomic mass is 9.91. The Bertz CT molecular complexity index is 995. The number of allylic oxidation sites excluding steroid dienone is 8. The average molecular weight is 439 g/mol. The number of carboxylic acid groups (broad SMARTS) is 1. The van der Waals surface area contributed by atoms with Crippen LogP contribution in [0.5, 0.6) is 5.75 Å². The summed E-state index contributed by atoms with van der Waals surface area (Å²) < 4.78 is 0. The summed E-state index contributed by atoms with van der Waals surface area (Å²) in [6.45, 7) is 11.6. The number of rotatable bonds is 11. The van der Waals surface area contributed by atoms with E-state index in [0.29, 0.717) is 24.8 Å². The molecule has 0 spiro atoms. The maximum absolute atomic E-state index is 13.3. The van der Waals surface area contributed by atoms with Crippen LogP contribution in [0, 0.1) is 0 Å². The van der Waals surface area contributed by atoms with Gasteiger partial charge in [0.25, 0.3) is 0 Å². The van der Waals surface area contributed by atoms with Crippen LogP contribution in [-0.4, -0.2) is 27.7 Å². The summed E-state index contributed by atoms with van der Waals surface area (Å²) in [6, 6.07) is 3.49. The lowest BCUT2D eigenvalue weighted by Crippen LogP contribution is -2.15. The molecular formula is C27H34O5. The standard InChI is InChI=1S/C27H34O5/c1-17(2)9-7-11-19(5)15-24(29)25(20(6)12-8-10-18(3)4)26(30)22-16-21(27(31)32)13-14-23(22)28/h9-10,13-16,28H,7-8,11-12H2,1-6H3,(H,31,32)/b19-15+,25-20+. The van der Waals surface area contributed by atoms with E-state index in [1.165, 1.54) is 17.7 Å². The fraction of sp³-hybridized carbons (Fsp3) is 0.370. The van der Waals surface area contributed by atoms with E-state index in [9.17, 15) is 24.6 Å². The molecule has 0 aliphatic carbocycles. The summed E-state index contributed by atoms with van der Waals surface area (Å²) in [4.78, 5) is 37.8. The second-order valence-corrected chi connectivity index (χ2v) is 8.52. The van der Waals surface area contributed by atoms with Gasteiger partial charge in [-0.15, -0.1) is 0 Å². The number of ketones is 2. The van der Waals surface area contributed by atoms with Crippen LogP contribution in [0.25, 0.3) is 0 Å². The zero-order valence-electron chi connectivity index (χ0n) is 19.9. The van der Waals surface area contributed by atoms with Crippen molar-refractivity contribution in [2.45, 2.75) is 67.2 Å². The second-order valence-electron chi connectivity index (χ2n) is 8.52. The zero-order chi connectivity index (χ0) is 24.4. The summed E-state index contributed by atoms with van der Waals surface area (Å²) in [7, 11) is 0. The summed E-state index contributed by atoms with van der Waals surface area (Å²) in [5.41, 5.74) is 3.44. The summed E-state index contributed by atoms with van der Waals surface area (Å²) >= 11 is 0. The first kappa shape index (κ1) is 26.8. The highest BCUT2D eigenvalue weighted by Gasteiger charge is 2.24. The number of aromatic hydroxyl groups is 1. The van der Waals surface area contributed by atoms with E-state index in [1.807, 2.05) is 40.7 Å². The smallest absolute Gasteiger partial charge is 0.335 e. The van der Waals surface area contributed by atoms with Gasteiger partial charge in [0.15, 0.2) is 5.78 Å². The monoisotopic (exact) mass is 438 g/mol. The molecule has 5 heteroatoms. The number of phenolic OH excluding ortho intramolecular Hbond substituents is 1. The Kier molecular flexibility index (Phi) is 10.6. The van der Waals surface area contributed by atoms with Gasteiger partial charge in [-0.2, -0.15) is 0 Å². The number of benzene rings is 1. The Labute approximate surface area is 190 Å². The van der Waals surface area contributed by atoms with Crippen molar-refractivity contribution in [2.75, 3.05) is 0 Å². The molecule has 0 unspecified atom stereocenters. The van der Waals surface area contributed by atoms with E-state index >= 15 is 0 Å². The van der Waals surface area contributed by atoms with Crippen LogP contribution >= 0.6 is 0 Å². The number of Topliss-reactive ketones (excluding diaryl/α,β-unsaturated/α-hetero) is 1. The number of carbonyl (C=O) groups is 3. The number of hydrogen-bond donors (Lipinski definition) is 2. The molecule has 0 fully saturated rings. The molecule has 172 valence electrons. The number of carbonyl (C=O) groups excluding carboxylic acids is 2. The lowest BCUT2D eigenvalue weighted by molar-refractivity contribution is -0.111. The first-order chi connectivity index (χ1) is 14.9. The van der Waals surface area contributed by atoms with Crippen LogP contribution in [0.3, 0.4) is 0 Å². The molecule has 2 N–H and O–H groups in total.